The Balaban J connectivity index is 2.22. The minimum Gasteiger partial charge on any atom is -0.395 e. The summed E-state index contributed by atoms with van der Waals surface area (Å²) in [5.74, 6) is 0. The first-order valence-electron chi connectivity index (χ1n) is 5.88. The molecule has 0 saturated carbocycles. The van der Waals surface area contributed by atoms with Gasteiger partial charge in [0.1, 0.15) is 0 Å². The van der Waals surface area contributed by atoms with Crippen LogP contribution >= 0.6 is 0 Å². The first kappa shape index (κ1) is 12.9. The normalized spacial score (nSPS) is 26.8. The number of rotatable bonds is 5. The van der Waals surface area contributed by atoms with Crippen molar-refractivity contribution >= 4 is 0 Å². The first-order chi connectivity index (χ1) is 7.17. The third-order valence-corrected chi connectivity index (χ3v) is 3.47. The van der Waals surface area contributed by atoms with Crippen LogP contribution in [0.15, 0.2) is 0 Å². The van der Waals surface area contributed by atoms with Gasteiger partial charge in [0.15, 0.2) is 0 Å². The van der Waals surface area contributed by atoms with E-state index in [0.29, 0.717) is 6.04 Å². The molecule has 2 atom stereocenters. The van der Waals surface area contributed by atoms with Gasteiger partial charge in [0.25, 0.3) is 0 Å². The molecule has 4 heteroatoms. The fraction of sp³-hybridized carbons (Fsp3) is 1.00. The predicted octanol–water partition coefficient (Wildman–Crippen LogP) is -0.407. The minimum absolute atomic E-state index is 0.236. The third kappa shape index (κ3) is 4.07. The number of likely N-dealkylation sites (N-methyl/N-ethyl adjacent to an activating group) is 2. The molecule has 0 aliphatic carbocycles. The Kier molecular flexibility index (Phi) is 5.53. The van der Waals surface area contributed by atoms with Gasteiger partial charge >= 0.3 is 0 Å². The number of hydrogen-bond acceptors (Lipinski definition) is 4. The monoisotopic (exact) mass is 215 g/mol. The van der Waals surface area contributed by atoms with E-state index >= 15 is 0 Å². The fourth-order valence-corrected chi connectivity index (χ4v) is 1.99. The Morgan fingerprint density at radius 2 is 2.20 bits per heavy atom. The molecule has 0 bridgehead atoms. The van der Waals surface area contributed by atoms with E-state index in [0.717, 1.165) is 32.6 Å². The molecule has 1 aliphatic heterocycles. The number of hydrogen-bond donors (Lipinski definition) is 2. The fourth-order valence-electron chi connectivity index (χ4n) is 1.99. The molecule has 0 spiro atoms. The van der Waals surface area contributed by atoms with Gasteiger partial charge in [-0.25, -0.2) is 0 Å². The van der Waals surface area contributed by atoms with Crippen LogP contribution in [0.3, 0.4) is 0 Å². The van der Waals surface area contributed by atoms with E-state index in [4.69, 9.17) is 5.11 Å². The Morgan fingerprint density at radius 1 is 1.47 bits per heavy atom. The zero-order valence-corrected chi connectivity index (χ0v) is 10.2. The molecule has 0 aromatic carbocycles. The second-order valence-electron chi connectivity index (χ2n) is 4.59. The average Bonchev–Trinajstić information content (AvgIpc) is 2.24. The summed E-state index contributed by atoms with van der Waals surface area (Å²) >= 11 is 0. The molecule has 2 unspecified atom stereocenters. The van der Waals surface area contributed by atoms with Gasteiger partial charge in [0.2, 0.25) is 0 Å². The molecule has 1 fully saturated rings. The molecule has 15 heavy (non-hydrogen) atoms. The van der Waals surface area contributed by atoms with Gasteiger partial charge < -0.3 is 20.2 Å². The molecule has 1 aliphatic rings. The van der Waals surface area contributed by atoms with Crippen molar-refractivity contribution in [3.8, 4) is 0 Å². The van der Waals surface area contributed by atoms with Crippen LogP contribution in [0.4, 0.5) is 0 Å². The maximum atomic E-state index is 9.06. The van der Waals surface area contributed by atoms with Crippen molar-refractivity contribution in [2.75, 3.05) is 46.9 Å². The lowest BCUT2D eigenvalue weighted by atomic mass is 10.1. The highest BCUT2D eigenvalue weighted by Gasteiger charge is 2.20. The Hall–Kier alpha value is -0.160. The van der Waals surface area contributed by atoms with Crippen LogP contribution in [0.25, 0.3) is 0 Å². The quantitative estimate of drug-likeness (QED) is 0.654. The van der Waals surface area contributed by atoms with E-state index in [1.165, 1.54) is 0 Å². The second-order valence-corrected chi connectivity index (χ2v) is 4.59. The van der Waals surface area contributed by atoms with Gasteiger partial charge in [0, 0.05) is 31.7 Å². The lowest BCUT2D eigenvalue weighted by Crippen LogP contribution is -2.50. The van der Waals surface area contributed by atoms with Crippen molar-refractivity contribution < 1.29 is 5.11 Å². The first-order valence-corrected chi connectivity index (χ1v) is 5.88. The molecule has 1 heterocycles. The topological polar surface area (TPSA) is 38.7 Å². The van der Waals surface area contributed by atoms with E-state index in [9.17, 15) is 0 Å². The van der Waals surface area contributed by atoms with Gasteiger partial charge in [-0.1, -0.05) is 0 Å². The summed E-state index contributed by atoms with van der Waals surface area (Å²) in [6.45, 7) is 7.06. The summed E-state index contributed by atoms with van der Waals surface area (Å²) in [7, 11) is 4.10. The van der Waals surface area contributed by atoms with Crippen molar-refractivity contribution in [1.29, 1.82) is 0 Å². The summed E-state index contributed by atoms with van der Waals surface area (Å²) in [5.41, 5.74) is 0. The minimum atomic E-state index is 0.236. The Morgan fingerprint density at radius 3 is 2.73 bits per heavy atom. The maximum Gasteiger partial charge on any atom is 0.0585 e. The molecule has 0 amide bonds. The molecular formula is C11H25N3O. The highest BCUT2D eigenvalue weighted by atomic mass is 16.3. The van der Waals surface area contributed by atoms with Crippen molar-refractivity contribution in [2.24, 2.45) is 0 Å². The van der Waals surface area contributed by atoms with Crippen LogP contribution in [0.1, 0.15) is 13.3 Å². The predicted molar refractivity (Wildman–Crippen MR) is 63.1 cm³/mol. The largest absolute Gasteiger partial charge is 0.395 e. The molecule has 0 aromatic heterocycles. The molecule has 4 nitrogen and oxygen atoms in total. The van der Waals surface area contributed by atoms with E-state index in [-0.39, 0.29) is 12.6 Å². The molecular weight excluding hydrogens is 190 g/mol. The van der Waals surface area contributed by atoms with Crippen molar-refractivity contribution in [1.82, 2.24) is 15.1 Å². The van der Waals surface area contributed by atoms with Crippen molar-refractivity contribution in [2.45, 2.75) is 25.4 Å². The molecule has 0 aromatic rings. The zero-order chi connectivity index (χ0) is 11.3. The third-order valence-electron chi connectivity index (χ3n) is 3.47. The van der Waals surface area contributed by atoms with Gasteiger partial charge in [-0.15, -0.1) is 0 Å². The van der Waals surface area contributed by atoms with Crippen molar-refractivity contribution in [3.63, 3.8) is 0 Å². The number of nitrogens with zero attached hydrogens (tertiary/aromatic N) is 2. The Labute approximate surface area is 93.2 Å². The van der Waals surface area contributed by atoms with E-state index in [1.54, 1.807) is 0 Å². The lowest BCUT2D eigenvalue weighted by Gasteiger charge is -2.38. The number of piperazine rings is 1. The van der Waals surface area contributed by atoms with Crippen LogP contribution in [-0.2, 0) is 0 Å². The van der Waals surface area contributed by atoms with Gasteiger partial charge in [-0.3, -0.25) is 0 Å². The van der Waals surface area contributed by atoms with E-state index < -0.39 is 0 Å². The van der Waals surface area contributed by atoms with E-state index in [1.807, 2.05) is 7.05 Å². The van der Waals surface area contributed by atoms with Crippen LogP contribution in [0, 0.1) is 0 Å². The highest BCUT2D eigenvalue weighted by molar-refractivity contribution is 4.77. The standard InChI is InChI=1S/C11H25N3O/c1-10-8-14(7-6-13(10)3)5-4-11(9-15)12-2/h10-12,15H,4-9H2,1-3H3. The molecule has 1 rings (SSSR count). The summed E-state index contributed by atoms with van der Waals surface area (Å²) in [5, 5.41) is 12.2. The smallest absolute Gasteiger partial charge is 0.0585 e. The summed E-state index contributed by atoms with van der Waals surface area (Å²) in [6.07, 6.45) is 1.03. The van der Waals surface area contributed by atoms with Gasteiger partial charge in [-0.05, 0) is 34.0 Å². The van der Waals surface area contributed by atoms with Crippen LogP contribution in [0.5, 0.6) is 0 Å². The highest BCUT2D eigenvalue weighted by Crippen LogP contribution is 2.07. The molecule has 1 saturated heterocycles. The summed E-state index contributed by atoms with van der Waals surface area (Å²) in [6, 6.07) is 0.904. The summed E-state index contributed by atoms with van der Waals surface area (Å²) < 4.78 is 0. The van der Waals surface area contributed by atoms with Crippen molar-refractivity contribution in [3.05, 3.63) is 0 Å². The summed E-state index contributed by atoms with van der Waals surface area (Å²) in [4.78, 5) is 4.89. The van der Waals surface area contributed by atoms with Gasteiger partial charge in [0.05, 0.1) is 6.61 Å². The average molecular weight is 215 g/mol. The van der Waals surface area contributed by atoms with Crippen LogP contribution < -0.4 is 5.32 Å². The second kappa shape index (κ2) is 6.43. The van der Waals surface area contributed by atoms with Crippen LogP contribution in [0.2, 0.25) is 0 Å². The van der Waals surface area contributed by atoms with E-state index in [2.05, 4.69) is 29.1 Å². The zero-order valence-electron chi connectivity index (χ0n) is 10.2. The number of nitrogens with one attached hydrogen (secondary N) is 1. The number of aliphatic hydroxyl groups excluding tert-OH is 1. The lowest BCUT2D eigenvalue weighted by molar-refractivity contribution is 0.0989. The van der Waals surface area contributed by atoms with Crippen LogP contribution in [-0.4, -0.2) is 73.9 Å². The maximum absolute atomic E-state index is 9.06. The SMILES string of the molecule is CNC(CO)CCN1CCN(C)C(C)C1. The molecule has 90 valence electrons. The molecule has 0 radical (unpaired) electrons. The molecule has 2 N–H and O–H groups in total. The van der Waals surface area contributed by atoms with Gasteiger partial charge in [-0.2, -0.15) is 0 Å². The number of aliphatic hydroxyl groups is 1. The Bertz CT molecular complexity index is 173.